The first-order valence-corrected chi connectivity index (χ1v) is 6.82. The molecule has 5 heteroatoms. The van der Waals surface area contributed by atoms with Crippen LogP contribution in [0, 0.1) is 0 Å². The van der Waals surface area contributed by atoms with Crippen molar-refractivity contribution in [3.63, 3.8) is 0 Å². The van der Waals surface area contributed by atoms with Crippen molar-refractivity contribution in [3.05, 3.63) is 0 Å². The lowest BCUT2D eigenvalue weighted by Crippen LogP contribution is -2.35. The summed E-state index contributed by atoms with van der Waals surface area (Å²) in [5.41, 5.74) is 0. The van der Waals surface area contributed by atoms with E-state index in [1.54, 1.807) is 4.90 Å². The Labute approximate surface area is 85.2 Å². The van der Waals surface area contributed by atoms with Gasteiger partial charge >= 0.3 is 0 Å². The van der Waals surface area contributed by atoms with Gasteiger partial charge in [-0.2, -0.15) is 0 Å². The van der Waals surface area contributed by atoms with Gasteiger partial charge in [-0.05, 0) is 12.8 Å². The van der Waals surface area contributed by atoms with E-state index in [9.17, 15) is 13.2 Å². The van der Waals surface area contributed by atoms with Crippen molar-refractivity contribution in [3.8, 4) is 0 Å². The molecule has 0 saturated carbocycles. The number of nitrogens with zero attached hydrogens (tertiary/aromatic N) is 1. The van der Waals surface area contributed by atoms with Gasteiger partial charge in [0.1, 0.15) is 0 Å². The molecule has 1 rings (SSSR count). The summed E-state index contributed by atoms with van der Waals surface area (Å²) in [6.07, 6.45) is 3.34. The Bertz CT molecular complexity index is 286. The standard InChI is InChI=1S/C9H17NO3S/c1-2-3-5-10(8-11)9-4-6-14(12,13)7-9/h8-9H,2-7H2,1H3. The van der Waals surface area contributed by atoms with E-state index in [0.717, 1.165) is 19.3 Å². The maximum Gasteiger partial charge on any atom is 0.209 e. The molecular weight excluding hydrogens is 202 g/mol. The van der Waals surface area contributed by atoms with Crippen LogP contribution in [0.5, 0.6) is 0 Å². The number of rotatable bonds is 5. The molecule has 1 aliphatic rings. The second kappa shape index (κ2) is 4.77. The van der Waals surface area contributed by atoms with E-state index in [2.05, 4.69) is 0 Å². The zero-order valence-electron chi connectivity index (χ0n) is 8.48. The zero-order chi connectivity index (χ0) is 10.6. The Hall–Kier alpha value is -0.580. The Morgan fingerprint density at radius 1 is 1.50 bits per heavy atom. The molecule has 0 bridgehead atoms. The van der Waals surface area contributed by atoms with Crippen molar-refractivity contribution < 1.29 is 13.2 Å². The fraction of sp³-hybridized carbons (Fsp3) is 0.889. The van der Waals surface area contributed by atoms with Crippen LogP contribution in [0.2, 0.25) is 0 Å². The van der Waals surface area contributed by atoms with E-state index in [1.807, 2.05) is 6.92 Å². The van der Waals surface area contributed by atoms with E-state index in [1.165, 1.54) is 0 Å². The average molecular weight is 219 g/mol. The number of amides is 1. The minimum Gasteiger partial charge on any atom is -0.341 e. The highest BCUT2D eigenvalue weighted by Crippen LogP contribution is 2.16. The molecule has 1 heterocycles. The van der Waals surface area contributed by atoms with Gasteiger partial charge in [-0.15, -0.1) is 0 Å². The molecule has 0 aromatic rings. The summed E-state index contributed by atoms with van der Waals surface area (Å²) < 4.78 is 22.4. The number of sulfone groups is 1. The summed E-state index contributed by atoms with van der Waals surface area (Å²) in [5, 5.41) is 0. The third-order valence-corrected chi connectivity index (χ3v) is 4.33. The third kappa shape index (κ3) is 2.97. The van der Waals surface area contributed by atoms with Gasteiger partial charge < -0.3 is 4.90 Å². The van der Waals surface area contributed by atoms with Crippen LogP contribution in [0.4, 0.5) is 0 Å². The Balaban J connectivity index is 2.50. The predicted octanol–water partition coefficient (Wildman–Crippen LogP) is 0.432. The number of hydrogen-bond donors (Lipinski definition) is 0. The smallest absolute Gasteiger partial charge is 0.209 e. The first-order valence-electron chi connectivity index (χ1n) is 5.00. The van der Waals surface area contributed by atoms with Crippen LogP contribution in [0.15, 0.2) is 0 Å². The molecule has 82 valence electrons. The van der Waals surface area contributed by atoms with E-state index in [-0.39, 0.29) is 17.5 Å². The van der Waals surface area contributed by atoms with Gasteiger partial charge in [0, 0.05) is 12.6 Å². The van der Waals surface area contributed by atoms with E-state index in [0.29, 0.717) is 13.0 Å². The monoisotopic (exact) mass is 219 g/mol. The summed E-state index contributed by atoms with van der Waals surface area (Å²) in [6, 6.07) is -0.0796. The van der Waals surface area contributed by atoms with Crippen LogP contribution in [-0.2, 0) is 14.6 Å². The van der Waals surface area contributed by atoms with Crippen molar-refractivity contribution in [2.45, 2.75) is 32.2 Å². The highest BCUT2D eigenvalue weighted by Gasteiger charge is 2.31. The fourth-order valence-electron chi connectivity index (χ4n) is 1.70. The molecule has 1 unspecified atom stereocenters. The molecule has 0 aromatic carbocycles. The van der Waals surface area contributed by atoms with Crippen molar-refractivity contribution in [2.24, 2.45) is 0 Å². The maximum absolute atomic E-state index is 11.2. The summed E-state index contributed by atoms with van der Waals surface area (Å²) in [5.74, 6) is 0.379. The number of unbranched alkanes of at least 4 members (excludes halogenated alkanes) is 1. The highest BCUT2D eigenvalue weighted by molar-refractivity contribution is 7.91. The minimum absolute atomic E-state index is 0.0796. The molecular formula is C9H17NO3S. The topological polar surface area (TPSA) is 54.5 Å². The molecule has 1 aliphatic heterocycles. The lowest BCUT2D eigenvalue weighted by atomic mass is 10.2. The fourth-order valence-corrected chi connectivity index (χ4v) is 3.44. The second-order valence-corrected chi connectivity index (χ2v) is 5.98. The number of hydrogen-bond acceptors (Lipinski definition) is 3. The Morgan fingerprint density at radius 3 is 2.64 bits per heavy atom. The summed E-state index contributed by atoms with van der Waals surface area (Å²) >= 11 is 0. The van der Waals surface area contributed by atoms with Crippen LogP contribution in [-0.4, -0.2) is 43.8 Å². The van der Waals surface area contributed by atoms with Gasteiger partial charge in [0.25, 0.3) is 0 Å². The molecule has 14 heavy (non-hydrogen) atoms. The van der Waals surface area contributed by atoms with Crippen molar-refractivity contribution in [2.75, 3.05) is 18.1 Å². The highest BCUT2D eigenvalue weighted by atomic mass is 32.2. The van der Waals surface area contributed by atoms with Crippen LogP contribution < -0.4 is 0 Å². The van der Waals surface area contributed by atoms with E-state index < -0.39 is 9.84 Å². The normalized spacial score (nSPS) is 24.8. The SMILES string of the molecule is CCCCN(C=O)C1CCS(=O)(=O)C1. The van der Waals surface area contributed by atoms with Crippen LogP contribution in [0.1, 0.15) is 26.2 Å². The lowest BCUT2D eigenvalue weighted by Gasteiger charge is -2.23. The van der Waals surface area contributed by atoms with Crippen molar-refractivity contribution in [1.82, 2.24) is 4.90 Å². The van der Waals surface area contributed by atoms with Gasteiger partial charge in [-0.1, -0.05) is 13.3 Å². The van der Waals surface area contributed by atoms with Gasteiger partial charge in [-0.3, -0.25) is 4.79 Å². The van der Waals surface area contributed by atoms with Gasteiger partial charge in [-0.25, -0.2) is 8.42 Å². The molecule has 1 amide bonds. The van der Waals surface area contributed by atoms with Gasteiger partial charge in [0.15, 0.2) is 9.84 Å². The molecule has 1 saturated heterocycles. The maximum atomic E-state index is 11.2. The molecule has 0 aliphatic carbocycles. The molecule has 4 nitrogen and oxygen atoms in total. The van der Waals surface area contributed by atoms with Crippen LogP contribution >= 0.6 is 0 Å². The largest absolute Gasteiger partial charge is 0.341 e. The number of carbonyl (C=O) groups excluding carboxylic acids is 1. The molecule has 1 atom stereocenters. The molecule has 0 spiro atoms. The van der Waals surface area contributed by atoms with Gasteiger partial charge in [0.2, 0.25) is 6.41 Å². The second-order valence-electron chi connectivity index (χ2n) is 3.75. The summed E-state index contributed by atoms with van der Waals surface area (Å²) in [4.78, 5) is 12.4. The van der Waals surface area contributed by atoms with Gasteiger partial charge in [0.05, 0.1) is 11.5 Å². The molecule has 0 N–H and O–H groups in total. The molecule has 0 radical (unpaired) electrons. The van der Waals surface area contributed by atoms with E-state index in [4.69, 9.17) is 0 Å². The Morgan fingerprint density at radius 2 is 2.21 bits per heavy atom. The first kappa shape index (κ1) is 11.5. The zero-order valence-corrected chi connectivity index (χ0v) is 9.29. The summed E-state index contributed by atoms with van der Waals surface area (Å²) in [6.45, 7) is 2.73. The van der Waals surface area contributed by atoms with Crippen molar-refractivity contribution in [1.29, 1.82) is 0 Å². The minimum atomic E-state index is -2.88. The Kier molecular flexibility index (Phi) is 3.92. The number of carbonyl (C=O) groups is 1. The molecule has 1 fully saturated rings. The van der Waals surface area contributed by atoms with Crippen LogP contribution in [0.25, 0.3) is 0 Å². The predicted molar refractivity (Wildman–Crippen MR) is 54.7 cm³/mol. The lowest BCUT2D eigenvalue weighted by molar-refractivity contribution is -0.119. The summed E-state index contributed by atoms with van der Waals surface area (Å²) in [7, 11) is -2.88. The van der Waals surface area contributed by atoms with E-state index >= 15 is 0 Å². The first-order chi connectivity index (χ1) is 6.59. The third-order valence-electron chi connectivity index (χ3n) is 2.58. The quantitative estimate of drug-likeness (QED) is 0.630. The molecule has 0 aromatic heterocycles. The van der Waals surface area contributed by atoms with Crippen LogP contribution in [0.3, 0.4) is 0 Å². The average Bonchev–Trinajstić information content (AvgIpc) is 2.48. The van der Waals surface area contributed by atoms with Crippen molar-refractivity contribution >= 4 is 16.2 Å².